The van der Waals surface area contributed by atoms with Crippen LogP contribution < -0.4 is 5.43 Å². The summed E-state index contributed by atoms with van der Waals surface area (Å²) in [5, 5.41) is 37.1. The lowest BCUT2D eigenvalue weighted by Crippen LogP contribution is -2.54. The number of hydrazone groups is 1. The Kier molecular flexibility index (Phi) is 6.13. The Hall–Kier alpha value is -2.88. The van der Waals surface area contributed by atoms with E-state index in [-0.39, 0.29) is 22.5 Å². The van der Waals surface area contributed by atoms with Crippen LogP contribution >= 0.6 is 0 Å². The highest BCUT2D eigenvalue weighted by molar-refractivity contribution is 5.98. The molecule has 1 aromatic carbocycles. The van der Waals surface area contributed by atoms with Gasteiger partial charge >= 0.3 is 0 Å². The number of hydrogen-bond acceptors (Lipinski definition) is 7. The van der Waals surface area contributed by atoms with Gasteiger partial charge in [-0.1, -0.05) is 13.8 Å². The summed E-state index contributed by atoms with van der Waals surface area (Å²) in [6.45, 7) is 4.70. The number of aliphatic hydroxyl groups excluding tert-OH is 1. The lowest BCUT2D eigenvalue weighted by Gasteiger charge is -2.60. The molecule has 10 heteroatoms. The Labute approximate surface area is 209 Å². The van der Waals surface area contributed by atoms with Gasteiger partial charge < -0.3 is 5.11 Å². The highest BCUT2D eigenvalue weighted by Crippen LogP contribution is 2.65. The van der Waals surface area contributed by atoms with Gasteiger partial charge in [-0.25, -0.2) is 5.43 Å². The molecule has 0 spiro atoms. The summed E-state index contributed by atoms with van der Waals surface area (Å²) in [5.74, 6) is 1.67. The second-order valence-electron chi connectivity index (χ2n) is 11.8. The quantitative estimate of drug-likeness (QED) is 0.441. The molecule has 0 saturated heterocycles. The summed E-state index contributed by atoms with van der Waals surface area (Å²) < 4.78 is 0. The monoisotopic (exact) mass is 498 g/mol. The Bertz CT molecular complexity index is 1110. The number of non-ortho nitro benzene ring substituents is 2. The van der Waals surface area contributed by atoms with Crippen molar-refractivity contribution in [1.82, 2.24) is 5.43 Å². The molecule has 0 heterocycles. The first-order valence-corrected chi connectivity index (χ1v) is 13.0. The molecule has 0 unspecified atom stereocenters. The maximum Gasteiger partial charge on any atom is 0.277 e. The maximum absolute atomic E-state index is 12.8. The highest BCUT2D eigenvalue weighted by Gasteiger charge is 2.59. The molecule has 36 heavy (non-hydrogen) atoms. The predicted molar refractivity (Wildman–Crippen MR) is 132 cm³/mol. The molecule has 7 atom stereocenters. The largest absolute Gasteiger partial charge is 0.393 e. The van der Waals surface area contributed by atoms with Crippen molar-refractivity contribution in [2.24, 2.45) is 39.6 Å². The van der Waals surface area contributed by atoms with Crippen LogP contribution in [0.4, 0.5) is 11.4 Å². The number of rotatable bonds is 4. The number of benzene rings is 1. The molecule has 4 saturated carbocycles. The van der Waals surface area contributed by atoms with Crippen LogP contribution in [-0.2, 0) is 0 Å². The van der Waals surface area contributed by atoms with Crippen LogP contribution in [-0.4, -0.2) is 32.7 Å². The number of aliphatic hydroxyl groups is 1. The topological polar surface area (TPSA) is 148 Å². The second kappa shape index (κ2) is 8.90. The molecule has 10 nitrogen and oxygen atoms in total. The normalized spacial score (nSPS) is 38.5. The average Bonchev–Trinajstić information content (AvgIpc) is 3.18. The zero-order valence-corrected chi connectivity index (χ0v) is 20.8. The zero-order valence-electron chi connectivity index (χ0n) is 20.8. The number of amides is 1. The Morgan fingerprint density at radius 2 is 1.69 bits per heavy atom. The lowest BCUT2D eigenvalue weighted by molar-refractivity contribution is -0.394. The number of nitrogens with one attached hydrogen (secondary N) is 1. The number of nitro benzene ring substituents is 2. The minimum atomic E-state index is -0.751. The van der Waals surface area contributed by atoms with Gasteiger partial charge in [0.05, 0.1) is 27.6 Å². The van der Waals surface area contributed by atoms with Crippen molar-refractivity contribution in [3.8, 4) is 0 Å². The van der Waals surface area contributed by atoms with E-state index in [2.05, 4.69) is 24.4 Å². The Morgan fingerprint density at radius 1 is 1.00 bits per heavy atom. The van der Waals surface area contributed by atoms with E-state index in [4.69, 9.17) is 0 Å². The zero-order chi connectivity index (χ0) is 25.8. The average molecular weight is 499 g/mol. The van der Waals surface area contributed by atoms with Crippen molar-refractivity contribution in [2.45, 2.75) is 77.7 Å². The summed E-state index contributed by atoms with van der Waals surface area (Å²) in [6, 6.07) is 2.91. The van der Waals surface area contributed by atoms with E-state index in [1.54, 1.807) is 0 Å². The minimum Gasteiger partial charge on any atom is -0.393 e. The summed E-state index contributed by atoms with van der Waals surface area (Å²) in [7, 11) is 0. The van der Waals surface area contributed by atoms with Crippen LogP contribution in [0.2, 0.25) is 0 Å². The van der Waals surface area contributed by atoms with Crippen molar-refractivity contribution in [1.29, 1.82) is 0 Å². The van der Waals surface area contributed by atoms with Crippen LogP contribution in [0.5, 0.6) is 0 Å². The van der Waals surface area contributed by atoms with Crippen molar-refractivity contribution in [3.05, 3.63) is 44.0 Å². The first kappa shape index (κ1) is 24.8. The van der Waals surface area contributed by atoms with Crippen molar-refractivity contribution < 1.29 is 19.7 Å². The molecule has 194 valence electrons. The summed E-state index contributed by atoms with van der Waals surface area (Å²) in [6.07, 6.45) is 9.03. The molecule has 0 aliphatic heterocycles. The molecule has 0 aromatic heterocycles. The fourth-order valence-electron chi connectivity index (χ4n) is 8.33. The second-order valence-corrected chi connectivity index (χ2v) is 11.8. The molecule has 1 aromatic rings. The van der Waals surface area contributed by atoms with E-state index in [1.807, 2.05) is 0 Å². The third-order valence-corrected chi connectivity index (χ3v) is 10.3. The van der Waals surface area contributed by atoms with E-state index < -0.39 is 27.1 Å². The molecule has 1 amide bonds. The van der Waals surface area contributed by atoms with Gasteiger partial charge in [-0.2, -0.15) is 5.10 Å². The minimum absolute atomic E-state index is 0.111. The summed E-state index contributed by atoms with van der Waals surface area (Å²) in [4.78, 5) is 33.6. The fraction of sp³-hybridized carbons (Fsp3) is 0.692. The maximum atomic E-state index is 12.8. The SMILES string of the molecule is C[C@]12CC[C@@H](O)C[C@@H]1CC[C@H]1[C@H]3CC/C(=N/NC(=O)c4cc([N+](=O)[O-])cc([N+](=O)[O-])c4)[C@]3(C)CC[C@@H]12. The number of hydrogen-bond donors (Lipinski definition) is 2. The summed E-state index contributed by atoms with van der Waals surface area (Å²) in [5.41, 5.74) is 2.49. The molecule has 4 fully saturated rings. The van der Waals surface area contributed by atoms with Gasteiger partial charge in [0.15, 0.2) is 0 Å². The molecule has 5 rings (SSSR count). The van der Waals surface area contributed by atoms with Crippen LogP contribution in [0.3, 0.4) is 0 Å². The van der Waals surface area contributed by atoms with Crippen LogP contribution in [0.25, 0.3) is 0 Å². The van der Waals surface area contributed by atoms with Gasteiger partial charge in [0.25, 0.3) is 17.3 Å². The van der Waals surface area contributed by atoms with Crippen LogP contribution in [0.1, 0.15) is 82.0 Å². The van der Waals surface area contributed by atoms with E-state index >= 15 is 0 Å². The molecule has 0 radical (unpaired) electrons. The fourth-order valence-corrected chi connectivity index (χ4v) is 8.33. The number of nitrogens with zero attached hydrogens (tertiary/aromatic N) is 3. The van der Waals surface area contributed by atoms with Gasteiger partial charge in [0.2, 0.25) is 0 Å². The highest BCUT2D eigenvalue weighted by atomic mass is 16.6. The van der Waals surface area contributed by atoms with E-state index in [0.717, 1.165) is 75.3 Å². The number of carbonyl (C=O) groups excluding carboxylic acids is 1. The smallest absolute Gasteiger partial charge is 0.277 e. The van der Waals surface area contributed by atoms with Crippen molar-refractivity contribution in [2.75, 3.05) is 0 Å². The van der Waals surface area contributed by atoms with Gasteiger partial charge in [-0.05, 0) is 86.9 Å². The molecule has 2 N–H and O–H groups in total. The van der Waals surface area contributed by atoms with Crippen LogP contribution in [0, 0.1) is 54.7 Å². The van der Waals surface area contributed by atoms with Crippen LogP contribution in [0.15, 0.2) is 23.3 Å². The Morgan fingerprint density at radius 3 is 2.36 bits per heavy atom. The third kappa shape index (κ3) is 3.99. The van der Waals surface area contributed by atoms with E-state index in [1.165, 1.54) is 6.42 Å². The van der Waals surface area contributed by atoms with Crippen molar-refractivity contribution >= 4 is 23.0 Å². The Balaban J connectivity index is 1.34. The van der Waals surface area contributed by atoms with Gasteiger partial charge in [0.1, 0.15) is 0 Å². The number of carbonyl (C=O) groups is 1. The first-order chi connectivity index (χ1) is 17.0. The van der Waals surface area contributed by atoms with Gasteiger partial charge in [-0.15, -0.1) is 0 Å². The molecular formula is C26H34N4O6. The number of fused-ring (bicyclic) bond motifs is 5. The van der Waals surface area contributed by atoms with E-state index in [0.29, 0.717) is 23.7 Å². The first-order valence-electron chi connectivity index (χ1n) is 13.0. The summed E-state index contributed by atoms with van der Waals surface area (Å²) >= 11 is 0. The molecular weight excluding hydrogens is 464 g/mol. The standard InChI is InChI=1S/C26H34N4O6/c1-25-9-7-19(31)13-16(25)3-4-20-21-5-6-23(26(21,2)10-8-22(20)25)27-28-24(32)15-11-17(29(33)34)14-18(12-15)30(35)36/h11-12,14,16,19-22,31H,3-10,13H2,1-2H3,(H,28,32)/b27-23-/t16-,19+,20-,21+,22-,25-,26+/m0/s1. The van der Waals surface area contributed by atoms with Gasteiger partial charge in [0, 0.05) is 23.3 Å². The number of nitro groups is 2. The molecule has 4 aliphatic rings. The molecule has 4 aliphatic carbocycles. The third-order valence-electron chi connectivity index (χ3n) is 10.3. The van der Waals surface area contributed by atoms with E-state index in [9.17, 15) is 30.1 Å². The van der Waals surface area contributed by atoms with Crippen molar-refractivity contribution in [3.63, 3.8) is 0 Å². The predicted octanol–water partition coefficient (Wildman–Crippen LogP) is 4.99. The lowest BCUT2D eigenvalue weighted by atomic mass is 9.45. The van der Waals surface area contributed by atoms with Gasteiger partial charge in [-0.3, -0.25) is 25.0 Å². The molecule has 0 bridgehead atoms.